The van der Waals surface area contributed by atoms with Crippen LogP contribution in [0, 0.1) is 0 Å². The SMILES string of the molecule is CC1CN(c2ccc(C(C)N)cc2)CCO1. The Kier molecular flexibility index (Phi) is 3.46. The lowest BCUT2D eigenvalue weighted by Crippen LogP contribution is -2.41. The highest BCUT2D eigenvalue weighted by Crippen LogP contribution is 2.20. The molecular weight excluding hydrogens is 200 g/mol. The first-order chi connectivity index (χ1) is 7.66. The smallest absolute Gasteiger partial charge is 0.0722 e. The van der Waals surface area contributed by atoms with Crippen molar-refractivity contribution in [3.63, 3.8) is 0 Å². The van der Waals surface area contributed by atoms with Crippen LogP contribution in [0.4, 0.5) is 5.69 Å². The molecule has 0 amide bonds. The maximum Gasteiger partial charge on any atom is 0.0722 e. The number of hydrogen-bond donors (Lipinski definition) is 1. The zero-order chi connectivity index (χ0) is 11.5. The van der Waals surface area contributed by atoms with E-state index in [-0.39, 0.29) is 6.04 Å². The molecule has 0 spiro atoms. The monoisotopic (exact) mass is 220 g/mol. The third-order valence-electron chi connectivity index (χ3n) is 3.03. The number of nitrogens with zero attached hydrogens (tertiary/aromatic N) is 1. The van der Waals surface area contributed by atoms with E-state index < -0.39 is 0 Å². The highest BCUT2D eigenvalue weighted by Gasteiger charge is 2.16. The highest BCUT2D eigenvalue weighted by molar-refractivity contribution is 5.48. The normalized spacial score (nSPS) is 23.2. The molecule has 1 aliphatic rings. The molecule has 1 heterocycles. The van der Waals surface area contributed by atoms with Crippen LogP contribution < -0.4 is 10.6 Å². The number of hydrogen-bond acceptors (Lipinski definition) is 3. The highest BCUT2D eigenvalue weighted by atomic mass is 16.5. The average Bonchev–Trinajstić information content (AvgIpc) is 2.29. The molecule has 3 heteroatoms. The summed E-state index contributed by atoms with van der Waals surface area (Å²) in [6.45, 7) is 6.88. The van der Waals surface area contributed by atoms with Crippen molar-refractivity contribution in [3.8, 4) is 0 Å². The fourth-order valence-electron chi connectivity index (χ4n) is 2.04. The van der Waals surface area contributed by atoms with E-state index in [1.54, 1.807) is 0 Å². The molecule has 1 saturated heterocycles. The first-order valence-corrected chi connectivity index (χ1v) is 5.89. The summed E-state index contributed by atoms with van der Waals surface area (Å²) < 4.78 is 5.53. The van der Waals surface area contributed by atoms with Crippen LogP contribution in [-0.2, 0) is 4.74 Å². The van der Waals surface area contributed by atoms with Gasteiger partial charge < -0.3 is 15.4 Å². The summed E-state index contributed by atoms with van der Waals surface area (Å²) in [5.74, 6) is 0. The molecule has 0 bridgehead atoms. The minimum absolute atomic E-state index is 0.109. The van der Waals surface area contributed by atoms with E-state index in [9.17, 15) is 0 Å². The predicted molar refractivity (Wildman–Crippen MR) is 66.7 cm³/mol. The summed E-state index contributed by atoms with van der Waals surface area (Å²) in [5.41, 5.74) is 8.28. The second-order valence-corrected chi connectivity index (χ2v) is 4.51. The lowest BCUT2D eigenvalue weighted by atomic mass is 10.1. The van der Waals surface area contributed by atoms with Crippen LogP contribution in [0.15, 0.2) is 24.3 Å². The first-order valence-electron chi connectivity index (χ1n) is 5.89. The second-order valence-electron chi connectivity index (χ2n) is 4.51. The van der Waals surface area contributed by atoms with Gasteiger partial charge in [0.2, 0.25) is 0 Å². The molecule has 2 atom stereocenters. The van der Waals surface area contributed by atoms with Crippen molar-refractivity contribution in [2.24, 2.45) is 5.73 Å². The maximum absolute atomic E-state index is 5.83. The molecule has 3 nitrogen and oxygen atoms in total. The van der Waals surface area contributed by atoms with E-state index in [4.69, 9.17) is 10.5 Å². The summed E-state index contributed by atoms with van der Waals surface area (Å²) in [6.07, 6.45) is 0.321. The molecule has 2 rings (SSSR count). The molecular formula is C13H20N2O. The summed E-state index contributed by atoms with van der Waals surface area (Å²) in [7, 11) is 0. The molecule has 0 aliphatic carbocycles. The Morgan fingerprint density at radius 1 is 1.38 bits per heavy atom. The van der Waals surface area contributed by atoms with E-state index in [0.717, 1.165) is 19.7 Å². The fourth-order valence-corrected chi connectivity index (χ4v) is 2.04. The fraction of sp³-hybridized carbons (Fsp3) is 0.538. The van der Waals surface area contributed by atoms with Crippen LogP contribution >= 0.6 is 0 Å². The minimum atomic E-state index is 0.109. The lowest BCUT2D eigenvalue weighted by Gasteiger charge is -2.33. The van der Waals surface area contributed by atoms with Gasteiger partial charge in [0.1, 0.15) is 0 Å². The topological polar surface area (TPSA) is 38.5 Å². The van der Waals surface area contributed by atoms with Gasteiger partial charge in [0.25, 0.3) is 0 Å². The minimum Gasteiger partial charge on any atom is -0.375 e. The molecule has 0 aromatic heterocycles. The van der Waals surface area contributed by atoms with Crippen LogP contribution in [0.2, 0.25) is 0 Å². The summed E-state index contributed by atoms with van der Waals surface area (Å²) in [4.78, 5) is 2.36. The molecule has 1 fully saturated rings. The zero-order valence-electron chi connectivity index (χ0n) is 10.0. The van der Waals surface area contributed by atoms with Crippen molar-refractivity contribution >= 4 is 5.69 Å². The molecule has 0 saturated carbocycles. The van der Waals surface area contributed by atoms with Gasteiger partial charge in [-0.2, -0.15) is 0 Å². The van der Waals surface area contributed by atoms with Gasteiger partial charge in [-0.3, -0.25) is 0 Å². The zero-order valence-corrected chi connectivity index (χ0v) is 10.0. The van der Waals surface area contributed by atoms with Gasteiger partial charge in [0.15, 0.2) is 0 Å². The van der Waals surface area contributed by atoms with Crippen molar-refractivity contribution in [1.82, 2.24) is 0 Å². The van der Waals surface area contributed by atoms with Gasteiger partial charge >= 0.3 is 0 Å². The van der Waals surface area contributed by atoms with Crippen LogP contribution in [-0.4, -0.2) is 25.8 Å². The average molecular weight is 220 g/mol. The largest absolute Gasteiger partial charge is 0.375 e. The summed E-state index contributed by atoms with van der Waals surface area (Å²) >= 11 is 0. The third kappa shape index (κ3) is 2.54. The number of anilines is 1. The number of morpholine rings is 1. The molecule has 0 radical (unpaired) electrons. The van der Waals surface area contributed by atoms with Gasteiger partial charge in [-0.1, -0.05) is 12.1 Å². The van der Waals surface area contributed by atoms with Crippen LogP contribution in [0.5, 0.6) is 0 Å². The van der Waals surface area contributed by atoms with Gasteiger partial charge in [0, 0.05) is 24.8 Å². The first kappa shape index (κ1) is 11.4. The van der Waals surface area contributed by atoms with Gasteiger partial charge in [-0.25, -0.2) is 0 Å². The van der Waals surface area contributed by atoms with Crippen LogP contribution in [0.25, 0.3) is 0 Å². The molecule has 1 aliphatic heterocycles. The summed E-state index contributed by atoms with van der Waals surface area (Å²) in [5, 5.41) is 0. The maximum atomic E-state index is 5.83. The Balaban J connectivity index is 2.09. The molecule has 1 aromatic rings. The number of ether oxygens (including phenoxy) is 1. The van der Waals surface area contributed by atoms with Crippen molar-refractivity contribution < 1.29 is 4.74 Å². The van der Waals surface area contributed by atoms with Crippen molar-refractivity contribution in [2.45, 2.75) is 26.0 Å². The van der Waals surface area contributed by atoms with E-state index in [1.165, 1.54) is 11.3 Å². The van der Waals surface area contributed by atoms with E-state index in [1.807, 2.05) is 6.92 Å². The van der Waals surface area contributed by atoms with Gasteiger partial charge in [-0.15, -0.1) is 0 Å². The summed E-state index contributed by atoms with van der Waals surface area (Å²) in [6, 6.07) is 8.63. The molecule has 16 heavy (non-hydrogen) atoms. The molecule has 2 N–H and O–H groups in total. The Hall–Kier alpha value is -1.06. The second kappa shape index (κ2) is 4.85. The Morgan fingerprint density at radius 3 is 2.62 bits per heavy atom. The third-order valence-corrected chi connectivity index (χ3v) is 3.03. The standard InChI is InChI=1S/C13H20N2O/c1-10-9-15(7-8-16-10)13-5-3-12(4-6-13)11(2)14/h3-6,10-11H,7-9,14H2,1-2H3. The van der Waals surface area contributed by atoms with E-state index in [2.05, 4.69) is 36.1 Å². The molecule has 88 valence electrons. The lowest BCUT2D eigenvalue weighted by molar-refractivity contribution is 0.0532. The van der Waals surface area contributed by atoms with Gasteiger partial charge in [0.05, 0.1) is 12.7 Å². The van der Waals surface area contributed by atoms with Crippen LogP contribution in [0.3, 0.4) is 0 Å². The molecule has 1 aromatic carbocycles. The van der Waals surface area contributed by atoms with E-state index >= 15 is 0 Å². The predicted octanol–water partition coefficient (Wildman–Crippen LogP) is 1.93. The van der Waals surface area contributed by atoms with Crippen molar-refractivity contribution in [3.05, 3.63) is 29.8 Å². The number of benzene rings is 1. The van der Waals surface area contributed by atoms with Gasteiger partial charge in [-0.05, 0) is 31.5 Å². The van der Waals surface area contributed by atoms with E-state index in [0.29, 0.717) is 6.10 Å². The quantitative estimate of drug-likeness (QED) is 0.827. The Bertz CT molecular complexity index is 334. The number of rotatable bonds is 2. The van der Waals surface area contributed by atoms with Crippen LogP contribution in [0.1, 0.15) is 25.5 Å². The van der Waals surface area contributed by atoms with Crippen molar-refractivity contribution in [2.75, 3.05) is 24.6 Å². The molecule has 2 unspecified atom stereocenters. The van der Waals surface area contributed by atoms with Crippen molar-refractivity contribution in [1.29, 1.82) is 0 Å². The Labute approximate surface area is 97.2 Å². The number of nitrogens with two attached hydrogens (primary N) is 1. The Morgan fingerprint density at radius 2 is 2.06 bits per heavy atom.